The van der Waals surface area contributed by atoms with Gasteiger partial charge in [-0.05, 0) is 64.0 Å². The zero-order chi connectivity index (χ0) is 28.1. The van der Waals surface area contributed by atoms with Gasteiger partial charge in [0.05, 0.1) is 19.4 Å². The Labute approximate surface area is 237 Å². The number of primary amides is 1. The van der Waals surface area contributed by atoms with Crippen molar-refractivity contribution in [1.82, 2.24) is 14.9 Å². The van der Waals surface area contributed by atoms with Crippen LogP contribution in [0.1, 0.15) is 89.8 Å². The number of morpholine rings is 1. The van der Waals surface area contributed by atoms with Crippen LogP contribution >= 0.6 is 0 Å². The minimum absolute atomic E-state index is 0.0374. The number of carbonyl (C=O) groups is 1. The van der Waals surface area contributed by atoms with Crippen LogP contribution in [0.15, 0.2) is 4.99 Å². The number of rotatable bonds is 10. The van der Waals surface area contributed by atoms with Crippen molar-refractivity contribution >= 4 is 36.0 Å². The summed E-state index contributed by atoms with van der Waals surface area (Å²) in [6.07, 6.45) is 13.8. The molecule has 4 N–H and O–H groups in total. The van der Waals surface area contributed by atoms with Crippen molar-refractivity contribution in [3.63, 3.8) is 0 Å². The van der Waals surface area contributed by atoms with Crippen molar-refractivity contribution < 1.29 is 14.3 Å². The van der Waals surface area contributed by atoms with E-state index in [1.807, 2.05) is 0 Å². The third-order valence-electron chi connectivity index (χ3n) is 9.36. The molecule has 1 aromatic rings. The van der Waals surface area contributed by atoms with E-state index in [4.69, 9.17) is 25.6 Å². The van der Waals surface area contributed by atoms with E-state index < -0.39 is 12.0 Å². The summed E-state index contributed by atoms with van der Waals surface area (Å²) in [4.78, 5) is 30.0. The van der Waals surface area contributed by atoms with E-state index in [0.717, 1.165) is 44.9 Å². The number of fused-ring (bicyclic) bond motifs is 1. The Kier molecular flexibility index (Phi) is 9.52. The zero-order valence-corrected chi connectivity index (χ0v) is 23.9. The van der Waals surface area contributed by atoms with Crippen molar-refractivity contribution in [1.29, 1.82) is 5.41 Å². The molecular weight excluding hydrogens is 508 g/mol. The number of hydrogen-bond acceptors (Lipinski definition) is 10. The molecule has 2 unspecified atom stereocenters. The van der Waals surface area contributed by atoms with Gasteiger partial charge in [-0.2, -0.15) is 0 Å². The summed E-state index contributed by atoms with van der Waals surface area (Å²) < 4.78 is 11.0. The maximum Gasteiger partial charge on any atom is 0.411 e. The van der Waals surface area contributed by atoms with Crippen LogP contribution in [0, 0.1) is 17.2 Å². The third-order valence-corrected chi connectivity index (χ3v) is 9.36. The van der Waals surface area contributed by atoms with Crippen molar-refractivity contribution in [2.45, 2.75) is 102 Å². The molecular formula is C29H46N8O3. The number of nitrogens with zero attached hydrogens (tertiary/aromatic N) is 5. The first-order chi connectivity index (χ1) is 19.4. The van der Waals surface area contributed by atoms with E-state index in [9.17, 15) is 4.79 Å². The lowest BCUT2D eigenvalue weighted by Crippen LogP contribution is -2.56. The van der Waals surface area contributed by atoms with E-state index >= 15 is 0 Å². The molecule has 4 fully saturated rings. The third kappa shape index (κ3) is 6.74. The molecule has 3 aliphatic carbocycles. The van der Waals surface area contributed by atoms with Gasteiger partial charge in [0, 0.05) is 25.2 Å². The van der Waals surface area contributed by atoms with E-state index in [1.54, 1.807) is 0 Å². The first kappa shape index (κ1) is 28.7. The minimum atomic E-state index is -1.07. The molecule has 11 heteroatoms. The molecule has 0 radical (unpaired) electrons. The Morgan fingerprint density at radius 2 is 1.93 bits per heavy atom. The molecule has 0 aromatic carbocycles. The Hall–Kier alpha value is -2.79. The van der Waals surface area contributed by atoms with Gasteiger partial charge in [0.15, 0.2) is 11.6 Å². The number of amides is 1. The summed E-state index contributed by atoms with van der Waals surface area (Å²) in [6, 6.07) is 0.584. The molecule has 0 spiro atoms. The molecule has 1 aromatic heterocycles. The second-order valence-corrected chi connectivity index (χ2v) is 12.0. The van der Waals surface area contributed by atoms with Crippen LogP contribution in [-0.2, 0) is 9.47 Å². The summed E-state index contributed by atoms with van der Waals surface area (Å²) in [6.45, 7) is 9.26. The van der Waals surface area contributed by atoms with Crippen LogP contribution < -0.4 is 16.0 Å². The minimum Gasteiger partial charge on any atom is -0.388 e. The van der Waals surface area contributed by atoms with Crippen LogP contribution in [0.4, 0.5) is 22.1 Å². The quantitative estimate of drug-likeness (QED) is 0.276. The molecule has 1 amide bonds. The summed E-state index contributed by atoms with van der Waals surface area (Å²) in [5, 5.41) is 11.9. The van der Waals surface area contributed by atoms with Crippen molar-refractivity contribution in [3.8, 4) is 0 Å². The Morgan fingerprint density at radius 3 is 2.62 bits per heavy atom. The fourth-order valence-electron chi connectivity index (χ4n) is 6.94. The number of nitrogens with one attached hydrogen (secondary N) is 2. The summed E-state index contributed by atoms with van der Waals surface area (Å²) >= 11 is 0. The Morgan fingerprint density at radius 1 is 1.18 bits per heavy atom. The van der Waals surface area contributed by atoms with Crippen molar-refractivity contribution in [3.05, 3.63) is 5.82 Å². The smallest absolute Gasteiger partial charge is 0.388 e. The van der Waals surface area contributed by atoms with E-state index in [-0.39, 0.29) is 18.0 Å². The molecule has 2 heterocycles. The van der Waals surface area contributed by atoms with Gasteiger partial charge in [-0.15, -0.1) is 0 Å². The maximum atomic E-state index is 11.4. The highest BCUT2D eigenvalue weighted by atomic mass is 16.6. The normalized spacial score (nSPS) is 24.8. The van der Waals surface area contributed by atoms with E-state index in [1.165, 1.54) is 64.2 Å². The van der Waals surface area contributed by atoms with Gasteiger partial charge in [0.25, 0.3) is 5.90 Å². The lowest BCUT2D eigenvalue weighted by molar-refractivity contribution is -0.0879. The van der Waals surface area contributed by atoms with Gasteiger partial charge >= 0.3 is 6.09 Å². The molecule has 0 bridgehead atoms. The maximum absolute atomic E-state index is 11.4. The number of nitrogens with two attached hydrogens (primary N) is 1. The fourth-order valence-corrected chi connectivity index (χ4v) is 6.94. The number of carbonyl (C=O) groups excluding carboxylic acids is 1. The average Bonchev–Trinajstić information content (AvgIpc) is 2.91. The first-order valence-electron chi connectivity index (χ1n) is 15.2. The van der Waals surface area contributed by atoms with Gasteiger partial charge in [-0.25, -0.2) is 19.8 Å². The Bertz CT molecular complexity index is 1060. The van der Waals surface area contributed by atoms with Crippen LogP contribution in [0.2, 0.25) is 0 Å². The predicted octanol–water partition coefficient (Wildman–Crippen LogP) is 4.82. The molecule has 1 saturated heterocycles. The molecule has 5 rings (SSSR count). The Balaban J connectivity index is 1.52. The number of aliphatic imine (C=N–C) groups is 1. The summed E-state index contributed by atoms with van der Waals surface area (Å²) in [5.41, 5.74) is 6.00. The van der Waals surface area contributed by atoms with Crippen molar-refractivity contribution in [2.75, 3.05) is 36.6 Å². The molecule has 40 heavy (non-hydrogen) atoms. The predicted molar refractivity (Wildman–Crippen MR) is 157 cm³/mol. The average molecular weight is 555 g/mol. The lowest BCUT2D eigenvalue weighted by Gasteiger charge is -2.46. The molecule has 3 saturated carbocycles. The monoisotopic (exact) mass is 554 g/mol. The highest BCUT2D eigenvalue weighted by Crippen LogP contribution is 2.39. The number of ether oxygens (including phenoxy) is 2. The number of aromatic nitrogens is 2. The summed E-state index contributed by atoms with van der Waals surface area (Å²) in [7, 11) is 0. The van der Waals surface area contributed by atoms with Crippen molar-refractivity contribution in [2.24, 2.45) is 22.6 Å². The van der Waals surface area contributed by atoms with Gasteiger partial charge < -0.3 is 25.4 Å². The standard InChI is InChI=1S/C29H46N8O3/c1-19(21-11-8-12-21)33-27-24(26(32-2)34-28(35-27)25(30)40-29(31)38)37(17-20-9-4-3-5-10-20)18-36-15-16-39-23-14-7-6-13-22(23)36/h19-23,30H,2-18H2,1H3,(H2,31,38)(H,33,34,35)/t19-,22?,23?/m1/s1. The topological polar surface area (TPSA) is 142 Å². The first-order valence-corrected chi connectivity index (χ1v) is 15.2. The zero-order valence-electron chi connectivity index (χ0n) is 23.9. The number of anilines is 2. The van der Waals surface area contributed by atoms with Crippen LogP contribution in [0.25, 0.3) is 0 Å². The van der Waals surface area contributed by atoms with Gasteiger partial charge in [-0.1, -0.05) is 38.5 Å². The second-order valence-electron chi connectivity index (χ2n) is 12.0. The van der Waals surface area contributed by atoms with Gasteiger partial charge in [0.2, 0.25) is 5.82 Å². The molecule has 220 valence electrons. The highest BCUT2D eigenvalue weighted by molar-refractivity contribution is 5.96. The molecule has 3 atom stereocenters. The largest absolute Gasteiger partial charge is 0.411 e. The van der Waals surface area contributed by atoms with E-state index in [2.05, 4.69) is 38.7 Å². The molecule has 11 nitrogen and oxygen atoms in total. The SMILES string of the molecule is C=Nc1nc(C(=N)OC(N)=O)nc(N[C@H](C)C2CCC2)c1N(CC1CCCCC1)CN1CCOC2CCCCC21. The fraction of sp³-hybridized carbons (Fsp3) is 0.759. The van der Waals surface area contributed by atoms with E-state index in [0.29, 0.717) is 29.5 Å². The van der Waals surface area contributed by atoms with Crippen LogP contribution in [0.5, 0.6) is 0 Å². The summed E-state index contributed by atoms with van der Waals surface area (Å²) in [5.74, 6) is 1.58. The van der Waals surface area contributed by atoms with Gasteiger partial charge in [-0.3, -0.25) is 10.3 Å². The van der Waals surface area contributed by atoms with Crippen LogP contribution in [-0.4, -0.2) is 78.1 Å². The highest BCUT2D eigenvalue weighted by Gasteiger charge is 2.37. The lowest BCUT2D eigenvalue weighted by atomic mass is 9.80. The second kappa shape index (κ2) is 13.2. The van der Waals surface area contributed by atoms with Crippen LogP contribution in [0.3, 0.4) is 0 Å². The molecule has 1 aliphatic heterocycles. The number of hydrogen-bond donors (Lipinski definition) is 3. The van der Waals surface area contributed by atoms with Gasteiger partial charge in [0.1, 0.15) is 5.69 Å². The molecule has 4 aliphatic rings.